The van der Waals surface area contributed by atoms with Gasteiger partial charge in [0.1, 0.15) is 6.29 Å². The first kappa shape index (κ1) is 13.2. The van der Waals surface area contributed by atoms with E-state index in [-0.39, 0.29) is 0 Å². The van der Waals surface area contributed by atoms with Crippen molar-refractivity contribution in [2.45, 2.75) is 19.3 Å². The molecule has 0 aromatic heterocycles. The van der Waals surface area contributed by atoms with Crippen molar-refractivity contribution in [1.82, 2.24) is 0 Å². The average molecular weight is 257 g/mol. The van der Waals surface area contributed by atoms with Gasteiger partial charge in [-0.05, 0) is 37.5 Å². The largest absolute Gasteiger partial charge is 0.472 e. The van der Waals surface area contributed by atoms with Gasteiger partial charge in [-0.2, -0.15) is 0 Å². The van der Waals surface area contributed by atoms with Crippen LogP contribution < -0.4 is 4.90 Å². The maximum Gasteiger partial charge on any atom is 0.382 e. The summed E-state index contributed by atoms with van der Waals surface area (Å²) in [4.78, 5) is 23.6. The molecule has 1 fully saturated rings. The molecule has 0 spiro atoms. The number of benzene rings is 1. The van der Waals surface area contributed by atoms with E-state index in [0.717, 1.165) is 37.9 Å². The third kappa shape index (κ3) is 3.35. The summed E-state index contributed by atoms with van der Waals surface area (Å²) < 4.78 is 0. The van der Waals surface area contributed by atoms with E-state index in [9.17, 15) is 9.59 Å². The predicted octanol–water partition coefficient (Wildman–Crippen LogP) is 1.93. The number of carbonyl (C=O) groups excluding carboxylic acids is 1. The van der Waals surface area contributed by atoms with Crippen molar-refractivity contribution in [3.8, 4) is 11.8 Å². The van der Waals surface area contributed by atoms with E-state index >= 15 is 0 Å². The third-order valence-corrected chi connectivity index (χ3v) is 3.16. The standard InChI is InChI=1S/C15H15NO3/c17-11-12-4-6-14(16-8-2-1-3-9-16)13(10-12)5-7-15(18)19/h4,6,10-11H,1-3,8-9H2,(H,18,19). The fraction of sp³-hybridized carbons (Fsp3) is 0.333. The van der Waals surface area contributed by atoms with Crippen LogP contribution in [0.2, 0.25) is 0 Å². The van der Waals surface area contributed by atoms with E-state index in [2.05, 4.69) is 16.7 Å². The normalized spacial score (nSPS) is 14.4. The van der Waals surface area contributed by atoms with Crippen molar-refractivity contribution in [2.24, 2.45) is 0 Å². The second kappa shape index (κ2) is 6.05. The molecule has 0 radical (unpaired) electrons. The van der Waals surface area contributed by atoms with Gasteiger partial charge in [-0.15, -0.1) is 0 Å². The summed E-state index contributed by atoms with van der Waals surface area (Å²) in [5.41, 5.74) is 2.03. The molecule has 4 heteroatoms. The van der Waals surface area contributed by atoms with Crippen LogP contribution in [0.4, 0.5) is 5.69 Å². The van der Waals surface area contributed by atoms with Crippen LogP contribution in [-0.2, 0) is 4.79 Å². The molecule has 2 rings (SSSR count). The average Bonchev–Trinajstić information content (AvgIpc) is 2.45. The quantitative estimate of drug-likeness (QED) is 0.649. The van der Waals surface area contributed by atoms with Crippen molar-refractivity contribution in [1.29, 1.82) is 0 Å². The van der Waals surface area contributed by atoms with Crippen molar-refractivity contribution in [2.75, 3.05) is 18.0 Å². The lowest BCUT2D eigenvalue weighted by molar-refractivity contribution is -0.130. The van der Waals surface area contributed by atoms with E-state index < -0.39 is 5.97 Å². The summed E-state index contributed by atoms with van der Waals surface area (Å²) in [5, 5.41) is 8.65. The Morgan fingerprint density at radius 2 is 2.00 bits per heavy atom. The smallest absolute Gasteiger partial charge is 0.382 e. The Morgan fingerprint density at radius 1 is 1.26 bits per heavy atom. The van der Waals surface area contributed by atoms with Gasteiger partial charge in [0.05, 0.1) is 5.69 Å². The molecule has 98 valence electrons. The molecule has 0 amide bonds. The number of aliphatic carboxylic acids is 1. The lowest BCUT2D eigenvalue weighted by Gasteiger charge is -2.29. The van der Waals surface area contributed by atoms with Crippen LogP contribution in [-0.4, -0.2) is 30.5 Å². The molecule has 1 aliphatic rings. The number of hydrogen-bond donors (Lipinski definition) is 1. The number of carbonyl (C=O) groups is 2. The number of hydrogen-bond acceptors (Lipinski definition) is 3. The highest BCUT2D eigenvalue weighted by molar-refractivity contribution is 5.88. The van der Waals surface area contributed by atoms with Gasteiger partial charge in [0.2, 0.25) is 0 Å². The molecular formula is C15H15NO3. The van der Waals surface area contributed by atoms with E-state index in [4.69, 9.17) is 5.11 Å². The molecule has 1 aromatic rings. The lowest BCUT2D eigenvalue weighted by atomic mass is 10.1. The van der Waals surface area contributed by atoms with Crippen LogP contribution in [0.3, 0.4) is 0 Å². The fourth-order valence-electron chi connectivity index (χ4n) is 2.26. The van der Waals surface area contributed by atoms with E-state index in [1.54, 1.807) is 12.1 Å². The van der Waals surface area contributed by atoms with Crippen molar-refractivity contribution in [3.63, 3.8) is 0 Å². The maximum absolute atomic E-state index is 10.8. The van der Waals surface area contributed by atoms with E-state index in [1.807, 2.05) is 6.07 Å². The zero-order valence-corrected chi connectivity index (χ0v) is 10.6. The number of aldehydes is 1. The van der Waals surface area contributed by atoms with Crippen LogP contribution in [0.1, 0.15) is 35.2 Å². The Labute approximate surface area is 112 Å². The van der Waals surface area contributed by atoms with Gasteiger partial charge >= 0.3 is 5.97 Å². The number of carboxylic acids is 1. The predicted molar refractivity (Wildman–Crippen MR) is 72.4 cm³/mol. The van der Waals surface area contributed by atoms with Crippen molar-refractivity contribution < 1.29 is 14.7 Å². The summed E-state index contributed by atoms with van der Waals surface area (Å²) >= 11 is 0. The SMILES string of the molecule is O=Cc1ccc(N2CCCCC2)c(C#CC(=O)O)c1. The van der Waals surface area contributed by atoms with Gasteiger partial charge in [0, 0.05) is 30.1 Å². The number of anilines is 1. The van der Waals surface area contributed by atoms with Crippen LogP contribution in [0, 0.1) is 11.8 Å². The Bertz CT molecular complexity index is 548. The van der Waals surface area contributed by atoms with E-state index in [0.29, 0.717) is 11.1 Å². The van der Waals surface area contributed by atoms with Gasteiger partial charge in [-0.3, -0.25) is 4.79 Å². The van der Waals surface area contributed by atoms with Gasteiger partial charge in [0.15, 0.2) is 0 Å². The summed E-state index contributed by atoms with van der Waals surface area (Å²) in [7, 11) is 0. The first-order chi connectivity index (χ1) is 9.20. The molecule has 1 aliphatic heterocycles. The van der Waals surface area contributed by atoms with Gasteiger partial charge in [-0.1, -0.05) is 5.92 Å². The summed E-state index contributed by atoms with van der Waals surface area (Å²) in [5.74, 6) is 3.59. The van der Waals surface area contributed by atoms with Crippen LogP contribution >= 0.6 is 0 Å². The second-order valence-electron chi connectivity index (χ2n) is 4.50. The highest BCUT2D eigenvalue weighted by Crippen LogP contribution is 2.24. The first-order valence-corrected chi connectivity index (χ1v) is 6.30. The lowest BCUT2D eigenvalue weighted by Crippen LogP contribution is -2.30. The number of piperidine rings is 1. The molecule has 1 heterocycles. The zero-order chi connectivity index (χ0) is 13.7. The summed E-state index contributed by atoms with van der Waals surface area (Å²) in [6.07, 6.45) is 4.22. The van der Waals surface area contributed by atoms with Gasteiger partial charge < -0.3 is 10.0 Å². The highest BCUT2D eigenvalue weighted by atomic mass is 16.4. The van der Waals surface area contributed by atoms with Gasteiger partial charge in [0.25, 0.3) is 0 Å². The van der Waals surface area contributed by atoms with Gasteiger partial charge in [-0.25, -0.2) is 4.79 Å². The molecule has 1 N–H and O–H groups in total. The molecule has 0 unspecified atom stereocenters. The molecular weight excluding hydrogens is 242 g/mol. The Hall–Kier alpha value is -2.28. The molecule has 1 saturated heterocycles. The Balaban J connectivity index is 2.38. The second-order valence-corrected chi connectivity index (χ2v) is 4.50. The minimum absolute atomic E-state index is 0.510. The van der Waals surface area contributed by atoms with Crippen LogP contribution in [0.5, 0.6) is 0 Å². The minimum Gasteiger partial charge on any atom is -0.472 e. The Kier molecular flexibility index (Phi) is 4.19. The summed E-state index contributed by atoms with van der Waals surface area (Å²) in [6.45, 7) is 1.89. The number of rotatable bonds is 2. The van der Waals surface area contributed by atoms with Crippen molar-refractivity contribution in [3.05, 3.63) is 29.3 Å². The highest BCUT2D eigenvalue weighted by Gasteiger charge is 2.14. The monoisotopic (exact) mass is 257 g/mol. The zero-order valence-electron chi connectivity index (χ0n) is 10.6. The molecule has 0 bridgehead atoms. The molecule has 1 aromatic carbocycles. The van der Waals surface area contributed by atoms with Crippen LogP contribution in [0.15, 0.2) is 18.2 Å². The number of carboxylic acid groups (broad SMARTS) is 1. The fourth-order valence-corrected chi connectivity index (χ4v) is 2.26. The third-order valence-electron chi connectivity index (χ3n) is 3.16. The Morgan fingerprint density at radius 3 is 2.63 bits per heavy atom. The number of nitrogens with zero attached hydrogens (tertiary/aromatic N) is 1. The first-order valence-electron chi connectivity index (χ1n) is 6.30. The molecule has 0 atom stereocenters. The maximum atomic E-state index is 10.8. The molecule has 4 nitrogen and oxygen atoms in total. The van der Waals surface area contributed by atoms with Crippen molar-refractivity contribution >= 4 is 17.9 Å². The molecule has 0 saturated carbocycles. The van der Waals surface area contributed by atoms with Crippen LogP contribution in [0.25, 0.3) is 0 Å². The molecule has 0 aliphatic carbocycles. The van der Waals surface area contributed by atoms with E-state index in [1.165, 1.54) is 6.42 Å². The minimum atomic E-state index is -1.17. The summed E-state index contributed by atoms with van der Waals surface area (Å²) in [6, 6.07) is 5.23. The molecule has 19 heavy (non-hydrogen) atoms. The topological polar surface area (TPSA) is 57.6 Å².